The summed E-state index contributed by atoms with van der Waals surface area (Å²) >= 11 is 6.11. The number of likely N-dealkylation sites (N-methyl/N-ethyl adjacent to an activating group) is 1. The molecule has 2 aliphatic rings. The maximum absolute atomic E-state index is 13.6. The fraction of sp³-hybridized carbons (Fsp3) is 0.481. The molecule has 0 aliphatic carbocycles. The maximum atomic E-state index is 13.6. The number of likely N-dealkylation sites (tertiary alicyclic amines) is 1. The van der Waals surface area contributed by atoms with E-state index in [0.29, 0.717) is 23.7 Å². The Morgan fingerprint density at radius 3 is 2.42 bits per heavy atom. The number of piperidine rings is 1. The summed E-state index contributed by atoms with van der Waals surface area (Å²) in [6.45, 7) is 6.12. The first kappa shape index (κ1) is 25.8. The number of nitriles is 1. The summed E-state index contributed by atoms with van der Waals surface area (Å²) in [7, 11) is 1.75. The average molecular weight is 510 g/mol. The van der Waals surface area contributed by atoms with Gasteiger partial charge in [0.05, 0.1) is 17.7 Å². The number of hydrogen-bond acceptors (Lipinski definition) is 6. The van der Waals surface area contributed by atoms with Gasteiger partial charge in [-0.15, -0.1) is 0 Å². The van der Waals surface area contributed by atoms with Gasteiger partial charge in [0.15, 0.2) is 0 Å². The standard InChI is InChI=1S/C27H32ClN5O3/c1-18(2)36-27(35)31(3)24-17-33(16-23(24)20-5-7-22(28)8-6-20)26(34)21-10-12-32(13-11-21)25-9-4-19(14-29)15-30-25/h4-9,15,18,21,23-24H,10-13,16-17H2,1-3H3. The molecular weight excluding hydrogens is 478 g/mol. The normalized spacial score (nSPS) is 20.3. The SMILES string of the molecule is CC(C)OC(=O)N(C)C1CN(C(=O)C2CCN(c3ccc(C#N)cn3)CC2)CC1c1ccc(Cl)cc1. The maximum Gasteiger partial charge on any atom is 0.410 e. The van der Waals surface area contributed by atoms with Crippen LogP contribution in [-0.2, 0) is 9.53 Å². The highest BCUT2D eigenvalue weighted by atomic mass is 35.5. The van der Waals surface area contributed by atoms with E-state index in [1.54, 1.807) is 24.2 Å². The predicted octanol–water partition coefficient (Wildman–Crippen LogP) is 4.29. The highest BCUT2D eigenvalue weighted by Gasteiger charge is 2.42. The zero-order valence-corrected chi connectivity index (χ0v) is 21.7. The fourth-order valence-corrected chi connectivity index (χ4v) is 5.20. The molecule has 0 spiro atoms. The van der Waals surface area contributed by atoms with Crippen molar-refractivity contribution < 1.29 is 14.3 Å². The summed E-state index contributed by atoms with van der Waals surface area (Å²) in [4.78, 5) is 36.4. The summed E-state index contributed by atoms with van der Waals surface area (Å²) in [5, 5.41) is 9.63. The number of aromatic nitrogens is 1. The number of rotatable bonds is 5. The molecule has 0 bridgehead atoms. The lowest BCUT2D eigenvalue weighted by Gasteiger charge is -2.34. The summed E-state index contributed by atoms with van der Waals surface area (Å²) in [5.41, 5.74) is 1.58. The Kier molecular flexibility index (Phi) is 8.00. The number of benzene rings is 1. The van der Waals surface area contributed by atoms with E-state index in [0.717, 1.165) is 37.3 Å². The molecule has 190 valence electrons. The van der Waals surface area contributed by atoms with Crippen molar-refractivity contribution >= 4 is 29.4 Å². The largest absolute Gasteiger partial charge is 0.447 e. The highest BCUT2D eigenvalue weighted by molar-refractivity contribution is 6.30. The smallest absolute Gasteiger partial charge is 0.410 e. The molecule has 2 saturated heterocycles. The lowest BCUT2D eigenvalue weighted by Crippen LogP contribution is -2.45. The van der Waals surface area contributed by atoms with Crippen molar-refractivity contribution in [3.05, 3.63) is 58.7 Å². The van der Waals surface area contributed by atoms with Gasteiger partial charge in [-0.2, -0.15) is 5.26 Å². The van der Waals surface area contributed by atoms with Gasteiger partial charge >= 0.3 is 6.09 Å². The van der Waals surface area contributed by atoms with Crippen LogP contribution in [0, 0.1) is 17.2 Å². The van der Waals surface area contributed by atoms with Crippen LogP contribution in [-0.4, -0.2) is 72.2 Å². The van der Waals surface area contributed by atoms with Crippen molar-refractivity contribution in [1.29, 1.82) is 5.26 Å². The van der Waals surface area contributed by atoms with E-state index < -0.39 is 0 Å². The van der Waals surface area contributed by atoms with E-state index in [2.05, 4.69) is 16.0 Å². The first-order chi connectivity index (χ1) is 17.3. The minimum absolute atomic E-state index is 0.0288. The summed E-state index contributed by atoms with van der Waals surface area (Å²) in [5.74, 6) is 0.861. The minimum atomic E-state index is -0.383. The van der Waals surface area contributed by atoms with Crippen LogP contribution in [0.15, 0.2) is 42.6 Å². The molecule has 4 rings (SSSR count). The Hall–Kier alpha value is -3.31. The van der Waals surface area contributed by atoms with E-state index in [1.807, 2.05) is 49.1 Å². The molecular formula is C27H32ClN5O3. The number of pyridine rings is 1. The number of nitrogens with zero attached hydrogens (tertiary/aromatic N) is 5. The molecule has 1 aromatic heterocycles. The van der Waals surface area contributed by atoms with E-state index >= 15 is 0 Å². The fourth-order valence-electron chi connectivity index (χ4n) is 5.07. The molecule has 9 heteroatoms. The second-order valence-electron chi connectivity index (χ2n) is 9.79. The lowest BCUT2D eigenvalue weighted by molar-refractivity contribution is -0.135. The van der Waals surface area contributed by atoms with Gasteiger partial charge in [-0.1, -0.05) is 23.7 Å². The second-order valence-corrected chi connectivity index (χ2v) is 10.2. The Balaban J connectivity index is 1.44. The molecule has 2 fully saturated rings. The first-order valence-corrected chi connectivity index (χ1v) is 12.7. The molecule has 0 radical (unpaired) electrons. The number of carbonyl (C=O) groups excluding carboxylic acids is 2. The molecule has 2 atom stereocenters. The van der Waals surface area contributed by atoms with Crippen LogP contribution in [0.3, 0.4) is 0 Å². The van der Waals surface area contributed by atoms with Crippen LogP contribution >= 0.6 is 11.6 Å². The van der Waals surface area contributed by atoms with E-state index in [9.17, 15) is 9.59 Å². The van der Waals surface area contributed by atoms with Gasteiger partial charge in [0, 0.05) is 56.3 Å². The molecule has 2 amide bonds. The average Bonchev–Trinajstić information content (AvgIpc) is 3.33. The first-order valence-electron chi connectivity index (χ1n) is 12.4. The summed E-state index contributed by atoms with van der Waals surface area (Å²) < 4.78 is 5.44. The second kappa shape index (κ2) is 11.2. The van der Waals surface area contributed by atoms with Crippen LogP contribution in [0.2, 0.25) is 5.02 Å². The number of ether oxygens (including phenoxy) is 1. The van der Waals surface area contributed by atoms with Gasteiger partial charge in [-0.3, -0.25) is 4.79 Å². The molecule has 36 heavy (non-hydrogen) atoms. The van der Waals surface area contributed by atoms with E-state index in [1.165, 1.54) is 0 Å². The number of anilines is 1. The van der Waals surface area contributed by atoms with E-state index in [4.69, 9.17) is 21.6 Å². The zero-order chi connectivity index (χ0) is 25.8. The third-order valence-electron chi connectivity index (χ3n) is 7.07. The molecule has 2 aliphatic heterocycles. The molecule has 0 saturated carbocycles. The van der Waals surface area contributed by atoms with Crippen molar-refractivity contribution in [2.75, 3.05) is 38.1 Å². The molecule has 2 unspecified atom stereocenters. The topological polar surface area (TPSA) is 89.8 Å². The monoisotopic (exact) mass is 509 g/mol. The zero-order valence-electron chi connectivity index (χ0n) is 20.9. The van der Waals surface area contributed by atoms with E-state index in [-0.39, 0.29) is 36.0 Å². The highest BCUT2D eigenvalue weighted by Crippen LogP contribution is 2.34. The molecule has 0 N–H and O–H groups in total. The Labute approximate surface area is 217 Å². The summed E-state index contributed by atoms with van der Waals surface area (Å²) in [6.07, 6.45) is 2.45. The van der Waals surface area contributed by atoms with Crippen LogP contribution in [0.1, 0.15) is 43.7 Å². The van der Waals surface area contributed by atoms with Gasteiger partial charge in [-0.25, -0.2) is 9.78 Å². The molecule has 8 nitrogen and oxygen atoms in total. The lowest BCUT2D eigenvalue weighted by atomic mass is 9.93. The number of hydrogen-bond donors (Lipinski definition) is 0. The van der Waals surface area contributed by atoms with Gasteiger partial charge < -0.3 is 19.4 Å². The van der Waals surface area contributed by atoms with Crippen molar-refractivity contribution in [3.8, 4) is 6.07 Å². The van der Waals surface area contributed by atoms with Crippen molar-refractivity contribution in [2.45, 2.75) is 44.8 Å². The van der Waals surface area contributed by atoms with Crippen molar-refractivity contribution in [2.24, 2.45) is 5.92 Å². The van der Waals surface area contributed by atoms with Gasteiger partial charge in [-0.05, 0) is 56.5 Å². The third kappa shape index (κ3) is 5.73. The van der Waals surface area contributed by atoms with Crippen LogP contribution < -0.4 is 4.90 Å². The van der Waals surface area contributed by atoms with Crippen molar-refractivity contribution in [1.82, 2.24) is 14.8 Å². The van der Waals surface area contributed by atoms with Gasteiger partial charge in [0.2, 0.25) is 5.91 Å². The van der Waals surface area contributed by atoms with Crippen molar-refractivity contribution in [3.63, 3.8) is 0 Å². The molecule has 1 aromatic carbocycles. The van der Waals surface area contributed by atoms with Gasteiger partial charge in [0.25, 0.3) is 0 Å². The summed E-state index contributed by atoms with van der Waals surface area (Å²) in [6, 6.07) is 13.1. The molecule has 2 aromatic rings. The van der Waals surface area contributed by atoms with Crippen LogP contribution in [0.25, 0.3) is 0 Å². The quantitative estimate of drug-likeness (QED) is 0.597. The Morgan fingerprint density at radius 2 is 1.83 bits per heavy atom. The Bertz CT molecular complexity index is 1110. The van der Waals surface area contributed by atoms with Crippen LogP contribution in [0.5, 0.6) is 0 Å². The Morgan fingerprint density at radius 1 is 1.14 bits per heavy atom. The third-order valence-corrected chi connectivity index (χ3v) is 7.32. The van der Waals surface area contributed by atoms with Gasteiger partial charge in [0.1, 0.15) is 11.9 Å². The number of halogens is 1. The number of carbonyl (C=O) groups is 2. The predicted molar refractivity (Wildman–Crippen MR) is 138 cm³/mol. The minimum Gasteiger partial charge on any atom is -0.447 e. The number of amides is 2. The van der Waals surface area contributed by atoms with Crippen LogP contribution in [0.4, 0.5) is 10.6 Å². The molecule has 3 heterocycles.